The molecule has 0 aromatic heterocycles. The largest absolute Gasteiger partial charge is 0.508 e. The van der Waals surface area contributed by atoms with E-state index >= 15 is 0 Å². The molecule has 1 unspecified atom stereocenters. The van der Waals surface area contributed by atoms with Crippen molar-refractivity contribution in [2.45, 2.75) is 44.1 Å². The number of hydrogen-bond acceptors (Lipinski definition) is 3. The molecule has 1 fully saturated rings. The molecule has 3 heteroatoms. The molecule has 26 heavy (non-hydrogen) atoms. The van der Waals surface area contributed by atoms with Crippen LogP contribution in [0.15, 0.2) is 54.6 Å². The summed E-state index contributed by atoms with van der Waals surface area (Å²) in [4.78, 5) is 2.46. The quantitative estimate of drug-likeness (QED) is 0.784. The first-order valence-electron chi connectivity index (χ1n) is 9.79. The third-order valence-electron chi connectivity index (χ3n) is 5.86. The summed E-state index contributed by atoms with van der Waals surface area (Å²) in [6.07, 6.45) is 5.73. The third-order valence-corrected chi connectivity index (χ3v) is 5.86. The normalized spacial score (nSPS) is 21.7. The Labute approximate surface area is 157 Å². The fraction of sp³-hybridized carbons (Fsp3) is 0.478. The molecule has 3 nitrogen and oxygen atoms in total. The summed E-state index contributed by atoms with van der Waals surface area (Å²) in [6, 6.07) is 18.8. The van der Waals surface area contributed by atoms with Crippen LogP contribution in [0.3, 0.4) is 0 Å². The minimum absolute atomic E-state index is 0.238. The maximum atomic E-state index is 9.80. The molecule has 1 aliphatic rings. The molecule has 0 radical (unpaired) electrons. The number of phenolic OH excluding ortho intramolecular Hbond substituents is 1. The van der Waals surface area contributed by atoms with Gasteiger partial charge in [0, 0.05) is 19.2 Å². The average molecular weight is 354 g/mol. The van der Waals surface area contributed by atoms with Crippen molar-refractivity contribution in [3.05, 3.63) is 65.7 Å². The molecule has 0 bridgehead atoms. The number of hydrogen-bond donors (Lipinski definition) is 2. The number of aliphatic hydroxyl groups is 1. The molecule has 3 rings (SSSR count). The summed E-state index contributed by atoms with van der Waals surface area (Å²) in [6.45, 7) is 1.18. The molecular weight excluding hydrogens is 322 g/mol. The molecule has 0 heterocycles. The summed E-state index contributed by atoms with van der Waals surface area (Å²) in [7, 11) is 2.21. The van der Waals surface area contributed by atoms with Crippen molar-refractivity contribution in [3.63, 3.8) is 0 Å². The van der Waals surface area contributed by atoms with E-state index in [2.05, 4.69) is 48.3 Å². The fourth-order valence-corrected chi connectivity index (χ4v) is 4.29. The second-order valence-corrected chi connectivity index (χ2v) is 7.77. The van der Waals surface area contributed by atoms with Gasteiger partial charge in [-0.05, 0) is 74.2 Å². The standard InChI is InChI=1S/C23H31NO2/c1-24(16-19(17-25)15-18-5-3-2-4-6-18)22-11-7-20(8-12-22)21-9-13-23(26)14-10-21/h2-6,9-10,13-14,19-20,22,25-26H,7-8,11-12,15-17H2,1H3/t19?,20-,22-. The monoisotopic (exact) mass is 353 g/mol. The predicted octanol–water partition coefficient (Wildman–Crippen LogP) is 4.20. The number of rotatable bonds is 7. The van der Waals surface area contributed by atoms with E-state index in [9.17, 15) is 10.2 Å². The van der Waals surface area contributed by atoms with E-state index < -0.39 is 0 Å². The van der Waals surface area contributed by atoms with Crippen LogP contribution in [0.2, 0.25) is 0 Å². The Morgan fingerprint density at radius 2 is 1.62 bits per heavy atom. The summed E-state index contributed by atoms with van der Waals surface area (Å²) < 4.78 is 0. The van der Waals surface area contributed by atoms with Crippen molar-refractivity contribution >= 4 is 0 Å². The summed E-state index contributed by atoms with van der Waals surface area (Å²) in [5.74, 6) is 1.24. The zero-order valence-corrected chi connectivity index (χ0v) is 15.7. The van der Waals surface area contributed by atoms with Crippen LogP contribution in [0, 0.1) is 5.92 Å². The SMILES string of the molecule is CN(CC(CO)Cc1ccccc1)[C@H]1CC[C@H](c2ccc(O)cc2)CC1. The van der Waals surface area contributed by atoms with Crippen LogP contribution in [0.1, 0.15) is 42.7 Å². The van der Waals surface area contributed by atoms with E-state index in [-0.39, 0.29) is 12.5 Å². The van der Waals surface area contributed by atoms with Gasteiger partial charge in [0.1, 0.15) is 5.75 Å². The Balaban J connectivity index is 1.49. The maximum absolute atomic E-state index is 9.80. The lowest BCUT2D eigenvalue weighted by Gasteiger charge is -2.36. The van der Waals surface area contributed by atoms with Crippen molar-refractivity contribution in [2.75, 3.05) is 20.2 Å². The van der Waals surface area contributed by atoms with Crippen molar-refractivity contribution in [2.24, 2.45) is 5.92 Å². The average Bonchev–Trinajstić information content (AvgIpc) is 2.69. The van der Waals surface area contributed by atoms with Crippen LogP contribution < -0.4 is 0 Å². The highest BCUT2D eigenvalue weighted by molar-refractivity contribution is 5.28. The Kier molecular flexibility index (Phi) is 6.70. The zero-order chi connectivity index (χ0) is 18.4. The molecule has 1 atom stereocenters. The van der Waals surface area contributed by atoms with Crippen LogP contribution in [-0.2, 0) is 6.42 Å². The number of nitrogens with zero attached hydrogens (tertiary/aromatic N) is 1. The van der Waals surface area contributed by atoms with Crippen LogP contribution in [0.5, 0.6) is 5.75 Å². The second kappa shape index (κ2) is 9.20. The third kappa shape index (κ3) is 5.09. The minimum atomic E-state index is 0.238. The van der Waals surface area contributed by atoms with Gasteiger partial charge in [-0.1, -0.05) is 42.5 Å². The molecule has 2 aromatic rings. The van der Waals surface area contributed by atoms with Crippen molar-refractivity contribution in [1.82, 2.24) is 4.90 Å². The molecular formula is C23H31NO2. The van der Waals surface area contributed by atoms with Gasteiger partial charge in [-0.3, -0.25) is 0 Å². The van der Waals surface area contributed by atoms with Gasteiger partial charge in [0.15, 0.2) is 0 Å². The van der Waals surface area contributed by atoms with Crippen molar-refractivity contribution < 1.29 is 10.2 Å². The van der Waals surface area contributed by atoms with Crippen LogP contribution in [0.4, 0.5) is 0 Å². The highest BCUT2D eigenvalue weighted by Gasteiger charge is 2.26. The Hall–Kier alpha value is -1.84. The van der Waals surface area contributed by atoms with E-state index in [1.165, 1.54) is 36.8 Å². The van der Waals surface area contributed by atoms with Gasteiger partial charge in [0.25, 0.3) is 0 Å². The molecule has 0 saturated heterocycles. The van der Waals surface area contributed by atoms with Crippen LogP contribution in [0.25, 0.3) is 0 Å². The lowest BCUT2D eigenvalue weighted by molar-refractivity contribution is 0.127. The molecule has 2 N–H and O–H groups in total. The molecule has 1 aliphatic carbocycles. The van der Waals surface area contributed by atoms with E-state index in [1.54, 1.807) is 12.1 Å². The summed E-state index contributed by atoms with van der Waals surface area (Å²) in [5.41, 5.74) is 2.65. The topological polar surface area (TPSA) is 43.7 Å². The fourth-order valence-electron chi connectivity index (χ4n) is 4.29. The number of aromatic hydroxyl groups is 1. The molecule has 0 spiro atoms. The molecule has 1 saturated carbocycles. The lowest BCUT2D eigenvalue weighted by Crippen LogP contribution is -2.39. The van der Waals surface area contributed by atoms with Gasteiger partial charge >= 0.3 is 0 Å². The molecule has 140 valence electrons. The summed E-state index contributed by atoms with van der Waals surface area (Å²) in [5, 5.41) is 19.3. The van der Waals surface area contributed by atoms with E-state index in [0.717, 1.165) is 13.0 Å². The van der Waals surface area contributed by atoms with Gasteiger partial charge in [-0.25, -0.2) is 0 Å². The predicted molar refractivity (Wildman–Crippen MR) is 106 cm³/mol. The van der Waals surface area contributed by atoms with Gasteiger partial charge in [0.05, 0.1) is 0 Å². The molecule has 0 amide bonds. The number of benzene rings is 2. The minimum Gasteiger partial charge on any atom is -0.508 e. The van der Waals surface area contributed by atoms with Gasteiger partial charge in [-0.2, -0.15) is 0 Å². The summed E-state index contributed by atoms with van der Waals surface area (Å²) >= 11 is 0. The van der Waals surface area contributed by atoms with E-state index in [4.69, 9.17) is 0 Å². The maximum Gasteiger partial charge on any atom is 0.115 e. The van der Waals surface area contributed by atoms with Gasteiger partial charge in [0.2, 0.25) is 0 Å². The van der Waals surface area contributed by atoms with Crippen molar-refractivity contribution in [3.8, 4) is 5.75 Å². The Morgan fingerprint density at radius 1 is 0.962 bits per heavy atom. The van der Waals surface area contributed by atoms with Gasteiger partial charge in [-0.15, -0.1) is 0 Å². The number of phenols is 1. The molecule has 0 aliphatic heterocycles. The Morgan fingerprint density at radius 3 is 2.23 bits per heavy atom. The van der Waals surface area contributed by atoms with Crippen LogP contribution in [-0.4, -0.2) is 41.4 Å². The smallest absolute Gasteiger partial charge is 0.115 e. The molecule has 2 aromatic carbocycles. The van der Waals surface area contributed by atoms with E-state index in [0.29, 0.717) is 17.7 Å². The van der Waals surface area contributed by atoms with E-state index in [1.807, 2.05) is 6.07 Å². The second-order valence-electron chi connectivity index (χ2n) is 7.77. The first-order chi connectivity index (χ1) is 12.7. The zero-order valence-electron chi connectivity index (χ0n) is 15.7. The highest BCUT2D eigenvalue weighted by atomic mass is 16.3. The lowest BCUT2D eigenvalue weighted by atomic mass is 9.81. The first kappa shape index (κ1) is 18.9. The van der Waals surface area contributed by atoms with Gasteiger partial charge < -0.3 is 15.1 Å². The highest BCUT2D eigenvalue weighted by Crippen LogP contribution is 2.35. The number of aliphatic hydroxyl groups excluding tert-OH is 1. The first-order valence-corrected chi connectivity index (χ1v) is 9.79. The Bertz CT molecular complexity index is 648. The van der Waals surface area contributed by atoms with Crippen molar-refractivity contribution in [1.29, 1.82) is 0 Å². The van der Waals surface area contributed by atoms with Crippen LogP contribution >= 0.6 is 0 Å².